The molecule has 1 rings (SSSR count). The summed E-state index contributed by atoms with van der Waals surface area (Å²) in [6.45, 7) is 2.21. The molecule has 0 saturated heterocycles. The van der Waals surface area contributed by atoms with Gasteiger partial charge in [0.1, 0.15) is 0 Å². The van der Waals surface area contributed by atoms with E-state index in [-0.39, 0.29) is 0 Å². The van der Waals surface area contributed by atoms with Gasteiger partial charge in [-0.3, -0.25) is 4.79 Å². The maximum atomic E-state index is 11.7. The number of hydrogen-bond donors (Lipinski definition) is 0. The van der Waals surface area contributed by atoms with Gasteiger partial charge in [0.2, 0.25) is 0 Å². The summed E-state index contributed by atoms with van der Waals surface area (Å²) in [5.41, 5.74) is 0.903. The Labute approximate surface area is 109 Å². The lowest BCUT2D eigenvalue weighted by Crippen LogP contribution is -1.96. The van der Waals surface area contributed by atoms with E-state index in [9.17, 15) is 4.79 Å². The first-order valence-corrected chi connectivity index (χ1v) is 7.47. The summed E-state index contributed by atoms with van der Waals surface area (Å²) in [4.78, 5) is 11.7. The van der Waals surface area contributed by atoms with E-state index in [4.69, 9.17) is 0 Å². The zero-order valence-corrected chi connectivity index (χ0v) is 12.1. The highest BCUT2D eigenvalue weighted by Gasteiger charge is 2.07. The molecule has 0 bridgehead atoms. The van der Waals surface area contributed by atoms with Gasteiger partial charge < -0.3 is 0 Å². The predicted octanol–water partition coefficient (Wildman–Crippen LogP) is 4.90. The monoisotopic (exact) mass is 336 g/mol. The lowest BCUT2D eigenvalue weighted by molar-refractivity contribution is 0.0979. The standard InChI is InChI=1S/C12H17IOS/c1-2-3-4-5-6-7-11(14)10-8-12(13)15-9-10/h8-9H,2-7H2,1H3. The first-order valence-electron chi connectivity index (χ1n) is 5.51. The van der Waals surface area contributed by atoms with Crippen LogP contribution in [0.2, 0.25) is 0 Å². The van der Waals surface area contributed by atoms with E-state index in [0.29, 0.717) is 5.78 Å². The molecule has 0 aliphatic rings. The Morgan fingerprint density at radius 3 is 2.67 bits per heavy atom. The lowest BCUT2D eigenvalue weighted by Gasteiger charge is -1.98. The zero-order valence-electron chi connectivity index (χ0n) is 9.09. The van der Waals surface area contributed by atoms with E-state index < -0.39 is 0 Å². The maximum absolute atomic E-state index is 11.7. The Bertz CT molecular complexity index is 306. The number of Topliss-reactive ketones (excluding diaryl/α,β-unsaturated/α-hetero) is 1. The number of thiophene rings is 1. The van der Waals surface area contributed by atoms with Crippen molar-refractivity contribution in [2.75, 3.05) is 0 Å². The summed E-state index contributed by atoms with van der Waals surface area (Å²) in [6.07, 6.45) is 6.79. The molecule has 1 heterocycles. The van der Waals surface area contributed by atoms with Crippen LogP contribution in [0.1, 0.15) is 55.8 Å². The Hall–Kier alpha value is 0.1000. The minimum Gasteiger partial charge on any atom is -0.294 e. The molecule has 0 saturated carbocycles. The molecule has 0 aliphatic heterocycles. The van der Waals surface area contributed by atoms with E-state index in [1.165, 1.54) is 28.6 Å². The largest absolute Gasteiger partial charge is 0.294 e. The van der Waals surface area contributed by atoms with E-state index in [2.05, 4.69) is 29.5 Å². The van der Waals surface area contributed by atoms with Crippen molar-refractivity contribution in [3.63, 3.8) is 0 Å². The first-order chi connectivity index (χ1) is 7.24. The Morgan fingerprint density at radius 2 is 2.07 bits per heavy atom. The third kappa shape index (κ3) is 5.11. The minimum atomic E-state index is 0.311. The van der Waals surface area contributed by atoms with Crippen molar-refractivity contribution >= 4 is 39.7 Å². The van der Waals surface area contributed by atoms with Crippen molar-refractivity contribution in [2.45, 2.75) is 45.4 Å². The fraction of sp³-hybridized carbons (Fsp3) is 0.583. The highest BCUT2D eigenvalue weighted by molar-refractivity contribution is 14.1. The summed E-state index contributed by atoms with van der Waals surface area (Å²) < 4.78 is 1.20. The van der Waals surface area contributed by atoms with Crippen LogP contribution in [0.15, 0.2) is 11.4 Å². The quantitative estimate of drug-likeness (QED) is 0.393. The molecule has 15 heavy (non-hydrogen) atoms. The number of carbonyl (C=O) groups excluding carboxylic acids is 1. The molecule has 3 heteroatoms. The van der Waals surface area contributed by atoms with Crippen LogP contribution in [0, 0.1) is 2.88 Å². The molecule has 1 nitrogen and oxygen atoms in total. The van der Waals surface area contributed by atoms with Crippen LogP contribution < -0.4 is 0 Å². The van der Waals surface area contributed by atoms with Crippen molar-refractivity contribution in [3.8, 4) is 0 Å². The third-order valence-corrected chi connectivity index (χ3v) is 4.19. The minimum absolute atomic E-state index is 0.311. The second-order valence-corrected chi connectivity index (χ2v) is 6.53. The van der Waals surface area contributed by atoms with Gasteiger partial charge in [-0.1, -0.05) is 32.6 Å². The number of ketones is 1. The van der Waals surface area contributed by atoms with Crippen molar-refractivity contribution in [2.24, 2.45) is 0 Å². The van der Waals surface area contributed by atoms with Gasteiger partial charge in [0.05, 0.1) is 2.88 Å². The molecular weight excluding hydrogens is 319 g/mol. The van der Waals surface area contributed by atoms with Crippen LogP contribution in [0.3, 0.4) is 0 Å². The second kappa shape index (κ2) is 7.39. The summed E-state index contributed by atoms with van der Waals surface area (Å²) in [6, 6.07) is 1.99. The van der Waals surface area contributed by atoms with E-state index >= 15 is 0 Å². The number of carbonyl (C=O) groups is 1. The number of rotatable bonds is 7. The van der Waals surface area contributed by atoms with Gasteiger partial charge in [-0.05, 0) is 35.1 Å². The lowest BCUT2D eigenvalue weighted by atomic mass is 10.1. The molecule has 1 aromatic heterocycles. The SMILES string of the molecule is CCCCCCCC(=O)c1csc(I)c1. The average Bonchev–Trinajstić information content (AvgIpc) is 2.64. The number of unbranched alkanes of at least 4 members (excludes halogenated alkanes) is 4. The fourth-order valence-electron chi connectivity index (χ4n) is 1.49. The molecule has 0 aliphatic carbocycles. The molecule has 0 N–H and O–H groups in total. The van der Waals surface area contributed by atoms with Crippen LogP contribution in [0.4, 0.5) is 0 Å². The third-order valence-electron chi connectivity index (χ3n) is 2.40. The fourth-order valence-corrected chi connectivity index (χ4v) is 2.84. The zero-order chi connectivity index (χ0) is 11.1. The van der Waals surface area contributed by atoms with Crippen molar-refractivity contribution < 1.29 is 4.79 Å². The van der Waals surface area contributed by atoms with Gasteiger partial charge in [0.15, 0.2) is 5.78 Å². The highest BCUT2D eigenvalue weighted by atomic mass is 127. The molecule has 0 radical (unpaired) electrons. The molecule has 0 spiro atoms. The first kappa shape index (κ1) is 13.2. The number of halogens is 1. The molecule has 84 valence electrons. The predicted molar refractivity (Wildman–Crippen MR) is 74.7 cm³/mol. The van der Waals surface area contributed by atoms with E-state index in [1.54, 1.807) is 11.3 Å². The van der Waals surface area contributed by atoms with Gasteiger partial charge >= 0.3 is 0 Å². The Morgan fingerprint density at radius 1 is 1.33 bits per heavy atom. The van der Waals surface area contributed by atoms with Gasteiger partial charge in [-0.25, -0.2) is 0 Å². The molecule has 1 aromatic rings. The molecule has 0 fully saturated rings. The Kier molecular flexibility index (Phi) is 6.48. The number of hydrogen-bond acceptors (Lipinski definition) is 2. The topological polar surface area (TPSA) is 17.1 Å². The summed E-state index contributed by atoms with van der Waals surface area (Å²) in [5, 5.41) is 1.97. The van der Waals surface area contributed by atoms with Crippen molar-refractivity contribution in [1.29, 1.82) is 0 Å². The molecule has 0 aromatic carbocycles. The van der Waals surface area contributed by atoms with Crippen LogP contribution in [0.25, 0.3) is 0 Å². The van der Waals surface area contributed by atoms with Gasteiger partial charge in [-0.15, -0.1) is 11.3 Å². The van der Waals surface area contributed by atoms with Crippen LogP contribution in [0.5, 0.6) is 0 Å². The summed E-state index contributed by atoms with van der Waals surface area (Å²) >= 11 is 3.90. The van der Waals surface area contributed by atoms with Gasteiger partial charge in [0, 0.05) is 17.4 Å². The second-order valence-electron chi connectivity index (χ2n) is 3.73. The van der Waals surface area contributed by atoms with Gasteiger partial charge in [-0.2, -0.15) is 0 Å². The van der Waals surface area contributed by atoms with Crippen molar-refractivity contribution in [1.82, 2.24) is 0 Å². The average molecular weight is 336 g/mol. The van der Waals surface area contributed by atoms with Crippen LogP contribution >= 0.6 is 33.9 Å². The normalized spacial score (nSPS) is 10.5. The Balaban J connectivity index is 2.19. The maximum Gasteiger partial charge on any atom is 0.163 e. The molecule has 0 atom stereocenters. The summed E-state index contributed by atoms with van der Waals surface area (Å²) in [7, 11) is 0. The van der Waals surface area contributed by atoms with Gasteiger partial charge in [0.25, 0.3) is 0 Å². The molecule has 0 unspecified atom stereocenters. The van der Waals surface area contributed by atoms with Crippen LogP contribution in [-0.2, 0) is 0 Å². The smallest absolute Gasteiger partial charge is 0.163 e. The summed E-state index contributed by atoms with van der Waals surface area (Å²) in [5.74, 6) is 0.311. The highest BCUT2D eigenvalue weighted by Crippen LogP contribution is 2.18. The van der Waals surface area contributed by atoms with E-state index in [1.807, 2.05) is 11.4 Å². The molecule has 0 amide bonds. The molecular formula is C12H17IOS. The van der Waals surface area contributed by atoms with E-state index in [0.717, 1.165) is 18.4 Å². The van der Waals surface area contributed by atoms with Crippen LogP contribution in [-0.4, -0.2) is 5.78 Å². The van der Waals surface area contributed by atoms with Crippen molar-refractivity contribution in [3.05, 3.63) is 19.9 Å².